The lowest BCUT2D eigenvalue weighted by atomic mass is 10.0. The van der Waals surface area contributed by atoms with Gasteiger partial charge in [0.05, 0.1) is 5.02 Å². The molecule has 1 fully saturated rings. The minimum absolute atomic E-state index is 0. The van der Waals surface area contributed by atoms with Crippen molar-refractivity contribution < 1.29 is 9.53 Å². The van der Waals surface area contributed by atoms with E-state index < -0.39 is 0 Å². The van der Waals surface area contributed by atoms with E-state index in [4.69, 9.17) is 16.3 Å². The lowest BCUT2D eigenvalue weighted by molar-refractivity contribution is 0.0642. The Bertz CT molecular complexity index is 741. The maximum atomic E-state index is 13.1. The van der Waals surface area contributed by atoms with Crippen LogP contribution in [0, 0.1) is 0 Å². The summed E-state index contributed by atoms with van der Waals surface area (Å²) in [7, 11) is 0. The molecule has 1 amide bonds. The van der Waals surface area contributed by atoms with Crippen LogP contribution < -0.4 is 10.1 Å². The van der Waals surface area contributed by atoms with Crippen LogP contribution in [0.5, 0.6) is 11.5 Å². The van der Waals surface area contributed by atoms with Gasteiger partial charge in [0.15, 0.2) is 0 Å². The van der Waals surface area contributed by atoms with Crippen LogP contribution in [0.3, 0.4) is 0 Å². The van der Waals surface area contributed by atoms with Crippen LogP contribution in [-0.4, -0.2) is 41.5 Å². The SMILES string of the molecule is CCCN(C(=O)c1ccc(Oc2ccncc2)c(Cl)c1)C1CCNCC1.Cl.Cl. The molecule has 2 heterocycles. The lowest BCUT2D eigenvalue weighted by Crippen LogP contribution is -2.46. The van der Waals surface area contributed by atoms with Gasteiger partial charge >= 0.3 is 0 Å². The minimum Gasteiger partial charge on any atom is -0.456 e. The van der Waals surface area contributed by atoms with Crippen molar-refractivity contribution in [3.05, 3.63) is 53.3 Å². The molecule has 5 nitrogen and oxygen atoms in total. The molecule has 0 spiro atoms. The number of piperidine rings is 1. The molecule has 0 aliphatic carbocycles. The van der Waals surface area contributed by atoms with Crippen molar-refractivity contribution in [2.24, 2.45) is 0 Å². The van der Waals surface area contributed by atoms with Gasteiger partial charge in [-0.3, -0.25) is 9.78 Å². The Hall–Kier alpha value is -1.53. The summed E-state index contributed by atoms with van der Waals surface area (Å²) in [6.07, 6.45) is 6.23. The topological polar surface area (TPSA) is 54.5 Å². The number of amides is 1. The molecule has 1 aromatic carbocycles. The van der Waals surface area contributed by atoms with E-state index in [2.05, 4.69) is 17.2 Å². The first-order valence-corrected chi connectivity index (χ1v) is 9.46. The fourth-order valence-electron chi connectivity index (χ4n) is 3.22. The van der Waals surface area contributed by atoms with Gasteiger partial charge in [-0.2, -0.15) is 0 Å². The van der Waals surface area contributed by atoms with Crippen molar-refractivity contribution in [1.82, 2.24) is 15.2 Å². The number of hydrogen-bond donors (Lipinski definition) is 1. The smallest absolute Gasteiger partial charge is 0.254 e. The third-order valence-electron chi connectivity index (χ3n) is 4.53. The number of pyridine rings is 1. The highest BCUT2D eigenvalue weighted by Crippen LogP contribution is 2.30. The third-order valence-corrected chi connectivity index (χ3v) is 4.83. The molecule has 1 N–H and O–H groups in total. The van der Waals surface area contributed by atoms with Crippen LogP contribution in [0.4, 0.5) is 0 Å². The first kappa shape index (κ1) is 24.5. The van der Waals surface area contributed by atoms with Gasteiger partial charge in [-0.25, -0.2) is 0 Å². The van der Waals surface area contributed by atoms with E-state index in [9.17, 15) is 4.79 Å². The Morgan fingerprint density at radius 2 is 1.89 bits per heavy atom. The van der Waals surface area contributed by atoms with Gasteiger partial charge in [-0.15, -0.1) is 24.8 Å². The van der Waals surface area contributed by atoms with Gasteiger partial charge in [0.2, 0.25) is 0 Å². The molecular formula is C20H26Cl3N3O2. The Morgan fingerprint density at radius 1 is 1.21 bits per heavy atom. The van der Waals surface area contributed by atoms with Gasteiger partial charge in [0.1, 0.15) is 11.5 Å². The molecule has 154 valence electrons. The van der Waals surface area contributed by atoms with Crippen molar-refractivity contribution in [3.8, 4) is 11.5 Å². The summed E-state index contributed by atoms with van der Waals surface area (Å²) in [5.74, 6) is 1.22. The van der Waals surface area contributed by atoms with Crippen LogP contribution in [0.25, 0.3) is 0 Å². The zero-order valence-corrected chi connectivity index (χ0v) is 18.2. The van der Waals surface area contributed by atoms with Gasteiger partial charge in [-0.1, -0.05) is 18.5 Å². The summed E-state index contributed by atoms with van der Waals surface area (Å²) in [6.45, 7) is 4.77. The molecule has 8 heteroatoms. The molecule has 1 aromatic heterocycles. The number of nitrogens with one attached hydrogen (secondary N) is 1. The van der Waals surface area contributed by atoms with Gasteiger partial charge < -0.3 is 15.0 Å². The molecule has 0 radical (unpaired) electrons. The number of nitrogens with zero attached hydrogens (tertiary/aromatic N) is 2. The number of rotatable bonds is 6. The zero-order chi connectivity index (χ0) is 18.4. The summed E-state index contributed by atoms with van der Waals surface area (Å²) in [6, 6.07) is 9.04. The van der Waals surface area contributed by atoms with Crippen molar-refractivity contribution in [2.75, 3.05) is 19.6 Å². The third kappa shape index (κ3) is 6.24. The van der Waals surface area contributed by atoms with Crippen LogP contribution >= 0.6 is 36.4 Å². The first-order chi connectivity index (χ1) is 12.7. The highest BCUT2D eigenvalue weighted by molar-refractivity contribution is 6.32. The molecule has 2 aromatic rings. The number of hydrogen-bond acceptors (Lipinski definition) is 4. The van der Waals surface area contributed by atoms with E-state index >= 15 is 0 Å². The molecule has 28 heavy (non-hydrogen) atoms. The van der Waals surface area contributed by atoms with Crippen molar-refractivity contribution in [1.29, 1.82) is 0 Å². The highest BCUT2D eigenvalue weighted by Gasteiger charge is 2.26. The second kappa shape index (κ2) is 12.1. The number of halogens is 3. The Labute approximate surface area is 183 Å². The van der Waals surface area contributed by atoms with Crippen LogP contribution in [0.1, 0.15) is 36.5 Å². The molecule has 0 atom stereocenters. The van der Waals surface area contributed by atoms with E-state index in [1.807, 2.05) is 4.90 Å². The molecule has 1 aliphatic rings. The average molecular weight is 447 g/mol. The fourth-order valence-corrected chi connectivity index (χ4v) is 3.44. The van der Waals surface area contributed by atoms with Crippen molar-refractivity contribution >= 4 is 42.3 Å². The Kier molecular flexibility index (Phi) is 10.6. The number of ether oxygens (including phenoxy) is 1. The molecule has 3 rings (SSSR count). The largest absolute Gasteiger partial charge is 0.456 e. The summed E-state index contributed by atoms with van der Waals surface area (Å²) >= 11 is 6.37. The number of aromatic nitrogens is 1. The Morgan fingerprint density at radius 3 is 2.50 bits per heavy atom. The number of benzene rings is 1. The van der Waals surface area contributed by atoms with Crippen molar-refractivity contribution in [3.63, 3.8) is 0 Å². The summed E-state index contributed by atoms with van der Waals surface area (Å²) < 4.78 is 5.76. The number of carbonyl (C=O) groups is 1. The Balaban J connectivity index is 0.00000196. The maximum absolute atomic E-state index is 13.1. The van der Waals surface area contributed by atoms with E-state index in [0.29, 0.717) is 22.1 Å². The van der Waals surface area contributed by atoms with E-state index in [0.717, 1.165) is 38.9 Å². The van der Waals surface area contributed by atoms with Gasteiger partial charge in [0, 0.05) is 30.5 Å². The predicted molar refractivity (Wildman–Crippen MR) is 117 cm³/mol. The fraction of sp³-hybridized carbons (Fsp3) is 0.400. The zero-order valence-electron chi connectivity index (χ0n) is 15.8. The highest BCUT2D eigenvalue weighted by atomic mass is 35.5. The molecule has 0 bridgehead atoms. The van der Waals surface area contributed by atoms with E-state index in [1.54, 1.807) is 42.7 Å². The average Bonchev–Trinajstić information content (AvgIpc) is 2.68. The van der Waals surface area contributed by atoms with Crippen molar-refractivity contribution in [2.45, 2.75) is 32.2 Å². The molecular weight excluding hydrogens is 421 g/mol. The predicted octanol–water partition coefficient (Wildman–Crippen LogP) is 4.98. The van der Waals surface area contributed by atoms with Crippen LogP contribution in [0.2, 0.25) is 5.02 Å². The first-order valence-electron chi connectivity index (χ1n) is 9.08. The molecule has 0 unspecified atom stereocenters. The minimum atomic E-state index is 0. The number of carbonyl (C=O) groups excluding carboxylic acids is 1. The maximum Gasteiger partial charge on any atom is 0.254 e. The van der Waals surface area contributed by atoms with E-state index in [1.165, 1.54) is 0 Å². The lowest BCUT2D eigenvalue weighted by Gasteiger charge is -2.34. The van der Waals surface area contributed by atoms with Crippen LogP contribution in [0.15, 0.2) is 42.7 Å². The second-order valence-corrected chi connectivity index (χ2v) is 6.82. The molecule has 0 saturated carbocycles. The second-order valence-electron chi connectivity index (χ2n) is 6.41. The van der Waals surface area contributed by atoms with Gasteiger partial charge in [-0.05, 0) is 62.7 Å². The summed E-state index contributed by atoms with van der Waals surface area (Å²) in [5, 5.41) is 3.78. The molecule has 1 aliphatic heterocycles. The summed E-state index contributed by atoms with van der Waals surface area (Å²) in [4.78, 5) is 19.0. The standard InChI is InChI=1S/C20H24ClN3O2.2ClH/c1-2-13-24(16-5-9-22-10-6-16)20(25)15-3-4-19(18(21)14-15)26-17-7-11-23-12-8-17;;/h3-4,7-8,11-12,14,16,22H,2,5-6,9-10,13H2,1H3;2*1H. The van der Waals surface area contributed by atoms with Gasteiger partial charge in [0.25, 0.3) is 5.91 Å². The van der Waals surface area contributed by atoms with Crippen LogP contribution in [-0.2, 0) is 0 Å². The van der Waals surface area contributed by atoms with E-state index in [-0.39, 0.29) is 36.8 Å². The quantitative estimate of drug-likeness (QED) is 0.680. The monoisotopic (exact) mass is 445 g/mol. The normalized spacial score (nSPS) is 13.8. The molecule has 1 saturated heterocycles. The summed E-state index contributed by atoms with van der Waals surface area (Å²) in [5.41, 5.74) is 0.601.